The van der Waals surface area contributed by atoms with Gasteiger partial charge in [-0.05, 0) is 17.7 Å². The minimum atomic E-state index is 0.830. The van der Waals surface area contributed by atoms with Crippen molar-refractivity contribution in [2.24, 2.45) is 0 Å². The van der Waals surface area contributed by atoms with Gasteiger partial charge in [0.2, 0.25) is 0 Å². The summed E-state index contributed by atoms with van der Waals surface area (Å²) in [4.78, 5) is 4.81. The number of fused-ring (bicyclic) bond motifs is 1. The monoisotopic (exact) mass is 299 g/mol. The first-order valence-corrected chi connectivity index (χ1v) is 7.89. The fourth-order valence-corrected chi connectivity index (χ4v) is 3.14. The van der Waals surface area contributed by atoms with Crippen LogP contribution >= 0.6 is 0 Å². The van der Waals surface area contributed by atoms with E-state index in [1.165, 1.54) is 11.3 Å². The summed E-state index contributed by atoms with van der Waals surface area (Å²) in [7, 11) is 0. The van der Waals surface area contributed by atoms with Gasteiger partial charge >= 0.3 is 0 Å². The number of anilines is 1. The average molecular weight is 299 g/mol. The highest BCUT2D eigenvalue weighted by Crippen LogP contribution is 2.19. The first-order valence-electron chi connectivity index (χ1n) is 7.89. The van der Waals surface area contributed by atoms with Crippen molar-refractivity contribution in [2.75, 3.05) is 37.7 Å². The number of hydrogen-bond donors (Lipinski definition) is 0. The van der Waals surface area contributed by atoms with Crippen molar-refractivity contribution in [1.29, 1.82) is 0 Å². The number of morpholine rings is 1. The van der Waals surface area contributed by atoms with Crippen molar-refractivity contribution in [3.05, 3.63) is 42.0 Å². The van der Waals surface area contributed by atoms with Crippen LogP contribution in [-0.2, 0) is 24.4 Å². The quantitative estimate of drug-likeness (QED) is 0.850. The van der Waals surface area contributed by atoms with Gasteiger partial charge in [0.25, 0.3) is 0 Å². The number of hydrogen-bond acceptors (Lipinski definition) is 5. The van der Waals surface area contributed by atoms with Gasteiger partial charge in [-0.2, -0.15) is 0 Å². The van der Waals surface area contributed by atoms with Gasteiger partial charge in [0.15, 0.2) is 0 Å². The standard InChI is InChI=1S/C16H21N5O/c1-3-15(20-7-9-22-10-8-20)4-2-14(1)11-19-5-6-21-13-17-18-16(21)12-19/h1-4,13H,5-12H2. The van der Waals surface area contributed by atoms with Crippen LogP contribution in [-0.4, -0.2) is 52.5 Å². The predicted octanol–water partition coefficient (Wildman–Crippen LogP) is 1.13. The van der Waals surface area contributed by atoms with Gasteiger partial charge in [0.1, 0.15) is 12.2 Å². The lowest BCUT2D eigenvalue weighted by molar-refractivity contribution is 0.122. The summed E-state index contributed by atoms with van der Waals surface area (Å²) in [6.07, 6.45) is 1.82. The Hall–Kier alpha value is -1.92. The van der Waals surface area contributed by atoms with Gasteiger partial charge in [0, 0.05) is 38.4 Å². The third-order valence-electron chi connectivity index (χ3n) is 4.44. The second-order valence-corrected chi connectivity index (χ2v) is 5.92. The lowest BCUT2D eigenvalue weighted by Crippen LogP contribution is -2.36. The van der Waals surface area contributed by atoms with Crippen LogP contribution in [0.3, 0.4) is 0 Å². The van der Waals surface area contributed by atoms with Crippen LogP contribution in [0.5, 0.6) is 0 Å². The van der Waals surface area contributed by atoms with E-state index in [9.17, 15) is 0 Å². The van der Waals surface area contributed by atoms with Gasteiger partial charge in [-0.15, -0.1) is 10.2 Å². The third-order valence-corrected chi connectivity index (χ3v) is 4.44. The van der Waals surface area contributed by atoms with E-state index in [4.69, 9.17) is 4.74 Å². The number of aromatic nitrogens is 3. The van der Waals surface area contributed by atoms with Crippen LogP contribution in [0.2, 0.25) is 0 Å². The molecule has 116 valence electrons. The molecule has 0 aliphatic carbocycles. The third kappa shape index (κ3) is 2.84. The smallest absolute Gasteiger partial charge is 0.147 e. The molecule has 0 spiro atoms. The molecule has 0 atom stereocenters. The molecular weight excluding hydrogens is 278 g/mol. The van der Waals surface area contributed by atoms with E-state index in [2.05, 4.69) is 48.8 Å². The Kier molecular flexibility index (Phi) is 3.78. The number of nitrogens with zero attached hydrogens (tertiary/aromatic N) is 5. The summed E-state index contributed by atoms with van der Waals surface area (Å²) >= 11 is 0. The lowest BCUT2D eigenvalue weighted by Gasteiger charge is -2.29. The van der Waals surface area contributed by atoms with E-state index < -0.39 is 0 Å². The molecule has 1 aromatic carbocycles. The van der Waals surface area contributed by atoms with Crippen molar-refractivity contribution in [2.45, 2.75) is 19.6 Å². The maximum Gasteiger partial charge on any atom is 0.147 e. The van der Waals surface area contributed by atoms with Crippen molar-refractivity contribution in [3.63, 3.8) is 0 Å². The molecule has 22 heavy (non-hydrogen) atoms. The average Bonchev–Trinajstić information content (AvgIpc) is 3.04. The molecule has 6 nitrogen and oxygen atoms in total. The maximum atomic E-state index is 5.41. The van der Waals surface area contributed by atoms with Crippen LogP contribution in [0.4, 0.5) is 5.69 Å². The molecule has 0 saturated carbocycles. The molecule has 0 unspecified atom stereocenters. The number of rotatable bonds is 3. The Morgan fingerprint density at radius 1 is 1.00 bits per heavy atom. The van der Waals surface area contributed by atoms with Gasteiger partial charge in [-0.1, -0.05) is 12.1 Å². The number of benzene rings is 1. The predicted molar refractivity (Wildman–Crippen MR) is 83.6 cm³/mol. The van der Waals surface area contributed by atoms with Crippen LogP contribution in [0.15, 0.2) is 30.6 Å². The van der Waals surface area contributed by atoms with Gasteiger partial charge in [-0.25, -0.2) is 0 Å². The molecule has 1 saturated heterocycles. The minimum Gasteiger partial charge on any atom is -0.378 e. The number of ether oxygens (including phenoxy) is 1. The Morgan fingerprint density at radius 3 is 2.64 bits per heavy atom. The summed E-state index contributed by atoms with van der Waals surface area (Å²) in [5.41, 5.74) is 2.65. The normalized spacial score (nSPS) is 19.2. The van der Waals surface area contributed by atoms with E-state index in [-0.39, 0.29) is 0 Å². The van der Waals surface area contributed by atoms with Crippen LogP contribution in [0.25, 0.3) is 0 Å². The molecule has 1 aromatic heterocycles. The minimum absolute atomic E-state index is 0.830. The highest BCUT2D eigenvalue weighted by Gasteiger charge is 2.17. The van der Waals surface area contributed by atoms with Crippen LogP contribution in [0.1, 0.15) is 11.4 Å². The fourth-order valence-electron chi connectivity index (χ4n) is 3.14. The molecule has 2 aliphatic heterocycles. The molecule has 0 amide bonds. The highest BCUT2D eigenvalue weighted by molar-refractivity contribution is 5.47. The van der Waals surface area contributed by atoms with E-state index in [1.54, 1.807) is 0 Å². The van der Waals surface area contributed by atoms with Crippen molar-refractivity contribution in [1.82, 2.24) is 19.7 Å². The lowest BCUT2D eigenvalue weighted by atomic mass is 10.1. The summed E-state index contributed by atoms with van der Waals surface area (Å²) in [5, 5.41) is 8.16. The van der Waals surface area contributed by atoms with Gasteiger partial charge in [-0.3, -0.25) is 4.90 Å². The molecule has 4 rings (SSSR count). The maximum absolute atomic E-state index is 5.41. The summed E-state index contributed by atoms with van der Waals surface area (Å²) in [5.74, 6) is 1.07. The second kappa shape index (κ2) is 6.06. The zero-order valence-corrected chi connectivity index (χ0v) is 12.7. The first kappa shape index (κ1) is 13.7. The molecular formula is C16H21N5O. The summed E-state index contributed by atoms with van der Waals surface area (Å²) in [6, 6.07) is 8.94. The molecule has 1 fully saturated rings. The zero-order chi connectivity index (χ0) is 14.8. The zero-order valence-electron chi connectivity index (χ0n) is 12.7. The molecule has 6 heteroatoms. The molecule has 0 radical (unpaired) electrons. The molecule has 3 heterocycles. The van der Waals surface area contributed by atoms with E-state index in [1.807, 2.05) is 6.33 Å². The largest absolute Gasteiger partial charge is 0.378 e. The Balaban J connectivity index is 1.39. The Bertz CT molecular complexity index is 618. The topological polar surface area (TPSA) is 46.4 Å². The Labute approximate surface area is 130 Å². The van der Waals surface area contributed by atoms with E-state index >= 15 is 0 Å². The van der Waals surface area contributed by atoms with Crippen LogP contribution in [0, 0.1) is 0 Å². The van der Waals surface area contributed by atoms with E-state index in [0.717, 1.165) is 58.3 Å². The summed E-state index contributed by atoms with van der Waals surface area (Å²) < 4.78 is 7.54. The molecule has 2 aliphatic rings. The van der Waals surface area contributed by atoms with E-state index in [0.29, 0.717) is 0 Å². The van der Waals surface area contributed by atoms with Crippen LogP contribution < -0.4 is 4.90 Å². The second-order valence-electron chi connectivity index (χ2n) is 5.92. The van der Waals surface area contributed by atoms with Crippen molar-refractivity contribution < 1.29 is 4.74 Å². The SMILES string of the molecule is c1cc(N2CCOCC2)ccc1CN1CCn2cnnc2C1. The first-order chi connectivity index (χ1) is 10.9. The van der Waals surface area contributed by atoms with Gasteiger partial charge in [0.05, 0.1) is 19.8 Å². The Morgan fingerprint density at radius 2 is 1.82 bits per heavy atom. The molecule has 0 N–H and O–H groups in total. The molecule has 2 aromatic rings. The highest BCUT2D eigenvalue weighted by atomic mass is 16.5. The van der Waals surface area contributed by atoms with Gasteiger partial charge < -0.3 is 14.2 Å². The fraction of sp³-hybridized carbons (Fsp3) is 0.500. The molecule has 0 bridgehead atoms. The van der Waals surface area contributed by atoms with Crippen molar-refractivity contribution >= 4 is 5.69 Å². The summed E-state index contributed by atoms with van der Waals surface area (Å²) in [6.45, 7) is 7.51. The van der Waals surface area contributed by atoms with Crippen molar-refractivity contribution in [3.8, 4) is 0 Å².